The Balaban J connectivity index is 2.70. The molecule has 4 heteroatoms. The van der Waals surface area contributed by atoms with Crippen molar-refractivity contribution in [3.8, 4) is 0 Å². The number of aliphatic carboxylic acids is 1. The minimum absolute atomic E-state index is 0.371. The molecule has 1 aromatic rings. The van der Waals surface area contributed by atoms with Crippen LogP contribution in [0.15, 0.2) is 41.3 Å². The van der Waals surface area contributed by atoms with Crippen molar-refractivity contribution < 1.29 is 9.90 Å². The zero-order valence-corrected chi connectivity index (χ0v) is 10.8. The van der Waals surface area contributed by atoms with E-state index < -0.39 is 5.97 Å². The fourth-order valence-corrected chi connectivity index (χ4v) is 2.18. The number of benzene rings is 1. The molecule has 1 atom stereocenters. The Morgan fingerprint density at radius 1 is 1.35 bits per heavy atom. The predicted octanol–water partition coefficient (Wildman–Crippen LogP) is 2.83. The van der Waals surface area contributed by atoms with Gasteiger partial charge in [0.05, 0.1) is 0 Å². The lowest BCUT2D eigenvalue weighted by molar-refractivity contribution is -0.131. The molecule has 0 amide bonds. The van der Waals surface area contributed by atoms with Crippen LogP contribution in [-0.2, 0) is 4.79 Å². The number of hydrogen-bond acceptors (Lipinski definition) is 3. The van der Waals surface area contributed by atoms with E-state index >= 15 is 0 Å². The van der Waals surface area contributed by atoms with Crippen molar-refractivity contribution in [3.63, 3.8) is 0 Å². The second-order valence-corrected chi connectivity index (χ2v) is 5.61. The number of carboxylic acids is 1. The van der Waals surface area contributed by atoms with E-state index in [1.54, 1.807) is 11.8 Å². The second kappa shape index (κ2) is 6.47. The highest BCUT2D eigenvalue weighted by molar-refractivity contribution is 7.99. The van der Waals surface area contributed by atoms with Crippen LogP contribution < -0.4 is 5.73 Å². The molecule has 0 spiro atoms. The summed E-state index contributed by atoms with van der Waals surface area (Å²) in [6.45, 7) is 4.28. The van der Waals surface area contributed by atoms with E-state index in [2.05, 4.69) is 13.8 Å². The number of hydrogen-bond donors (Lipinski definition) is 2. The number of thioether (sulfide) groups is 1. The standard InChI is InChI=1S/C13H17NO2S/c1-9(2)17-11-5-3-10(4-6-11)12(14)7-8-13(15)16/h3-9,12H,14H2,1-2H3,(H,15,16)/b8-7+. The molecule has 0 bridgehead atoms. The summed E-state index contributed by atoms with van der Waals surface area (Å²) >= 11 is 1.78. The monoisotopic (exact) mass is 251 g/mol. The van der Waals surface area contributed by atoms with Gasteiger partial charge in [0.15, 0.2) is 0 Å². The van der Waals surface area contributed by atoms with Gasteiger partial charge in [-0.3, -0.25) is 0 Å². The summed E-state index contributed by atoms with van der Waals surface area (Å²) in [6.07, 6.45) is 2.55. The third-order valence-corrected chi connectivity index (χ3v) is 3.10. The van der Waals surface area contributed by atoms with Crippen molar-refractivity contribution in [2.24, 2.45) is 5.73 Å². The molecule has 0 saturated carbocycles. The van der Waals surface area contributed by atoms with Crippen molar-refractivity contribution in [1.82, 2.24) is 0 Å². The molecule has 1 rings (SSSR count). The van der Waals surface area contributed by atoms with Crippen molar-refractivity contribution in [1.29, 1.82) is 0 Å². The average Bonchev–Trinajstić information content (AvgIpc) is 2.26. The third kappa shape index (κ3) is 5.06. The molecule has 0 aliphatic rings. The average molecular weight is 251 g/mol. The van der Waals surface area contributed by atoms with Crippen LogP contribution in [0.3, 0.4) is 0 Å². The molecule has 0 saturated heterocycles. The van der Waals surface area contributed by atoms with E-state index in [1.165, 1.54) is 11.0 Å². The number of nitrogens with two attached hydrogens (primary N) is 1. The zero-order chi connectivity index (χ0) is 12.8. The zero-order valence-electron chi connectivity index (χ0n) is 9.96. The first kappa shape index (κ1) is 13.8. The van der Waals surface area contributed by atoms with Crippen LogP contribution in [-0.4, -0.2) is 16.3 Å². The molecular weight excluding hydrogens is 234 g/mol. The van der Waals surface area contributed by atoms with Gasteiger partial charge >= 0.3 is 5.97 Å². The van der Waals surface area contributed by atoms with Crippen molar-refractivity contribution in [2.45, 2.75) is 30.0 Å². The molecule has 0 radical (unpaired) electrons. The van der Waals surface area contributed by atoms with Gasteiger partial charge in [0.1, 0.15) is 0 Å². The molecular formula is C13H17NO2S. The highest BCUT2D eigenvalue weighted by atomic mass is 32.2. The van der Waals surface area contributed by atoms with Crippen LogP contribution in [0.1, 0.15) is 25.5 Å². The third-order valence-electron chi connectivity index (χ3n) is 2.08. The molecule has 3 nitrogen and oxygen atoms in total. The van der Waals surface area contributed by atoms with Crippen molar-refractivity contribution in [2.75, 3.05) is 0 Å². The Morgan fingerprint density at radius 3 is 2.41 bits per heavy atom. The van der Waals surface area contributed by atoms with E-state index in [0.29, 0.717) is 5.25 Å². The smallest absolute Gasteiger partial charge is 0.328 e. The lowest BCUT2D eigenvalue weighted by Crippen LogP contribution is -2.07. The van der Waals surface area contributed by atoms with Gasteiger partial charge in [0, 0.05) is 22.3 Å². The van der Waals surface area contributed by atoms with Gasteiger partial charge in [0.2, 0.25) is 0 Å². The minimum Gasteiger partial charge on any atom is -0.478 e. The fourth-order valence-electron chi connectivity index (χ4n) is 1.34. The first-order valence-electron chi connectivity index (χ1n) is 5.42. The van der Waals surface area contributed by atoms with Crippen molar-refractivity contribution >= 4 is 17.7 Å². The van der Waals surface area contributed by atoms with Crippen LogP contribution in [0.25, 0.3) is 0 Å². The van der Waals surface area contributed by atoms with E-state index in [-0.39, 0.29) is 6.04 Å². The van der Waals surface area contributed by atoms with Gasteiger partial charge in [-0.05, 0) is 17.7 Å². The number of carbonyl (C=O) groups is 1. The first-order chi connectivity index (χ1) is 7.99. The fraction of sp³-hybridized carbons (Fsp3) is 0.308. The summed E-state index contributed by atoms with van der Waals surface area (Å²) in [7, 11) is 0. The van der Waals surface area contributed by atoms with Crippen LogP contribution >= 0.6 is 11.8 Å². The lowest BCUT2D eigenvalue weighted by Gasteiger charge is -2.09. The molecule has 0 heterocycles. The maximum absolute atomic E-state index is 10.4. The topological polar surface area (TPSA) is 63.3 Å². The Morgan fingerprint density at radius 2 is 1.94 bits per heavy atom. The summed E-state index contributed by atoms with van der Waals surface area (Å²) in [6, 6.07) is 7.51. The molecule has 1 unspecified atom stereocenters. The van der Waals surface area contributed by atoms with Crippen LogP contribution in [0.2, 0.25) is 0 Å². The highest BCUT2D eigenvalue weighted by Crippen LogP contribution is 2.24. The largest absolute Gasteiger partial charge is 0.478 e. The molecule has 3 N–H and O–H groups in total. The van der Waals surface area contributed by atoms with Gasteiger partial charge in [-0.1, -0.05) is 32.1 Å². The Kier molecular flexibility index (Phi) is 5.25. The van der Waals surface area contributed by atoms with E-state index in [4.69, 9.17) is 10.8 Å². The van der Waals surface area contributed by atoms with E-state index in [0.717, 1.165) is 11.6 Å². The van der Waals surface area contributed by atoms with E-state index in [1.807, 2.05) is 24.3 Å². The van der Waals surface area contributed by atoms with Gasteiger partial charge < -0.3 is 10.8 Å². The number of carboxylic acid groups (broad SMARTS) is 1. The highest BCUT2D eigenvalue weighted by Gasteiger charge is 2.03. The van der Waals surface area contributed by atoms with Crippen molar-refractivity contribution in [3.05, 3.63) is 42.0 Å². The molecule has 17 heavy (non-hydrogen) atoms. The summed E-state index contributed by atoms with van der Waals surface area (Å²) < 4.78 is 0. The maximum atomic E-state index is 10.4. The quantitative estimate of drug-likeness (QED) is 0.624. The molecule has 0 fully saturated rings. The van der Waals surface area contributed by atoms with Gasteiger partial charge in [0.25, 0.3) is 0 Å². The Labute approximate surface area is 106 Å². The predicted molar refractivity (Wildman–Crippen MR) is 71.1 cm³/mol. The van der Waals surface area contributed by atoms with E-state index in [9.17, 15) is 4.79 Å². The maximum Gasteiger partial charge on any atom is 0.328 e. The number of rotatable bonds is 5. The second-order valence-electron chi connectivity index (χ2n) is 3.96. The normalized spacial score (nSPS) is 13.2. The molecule has 92 valence electrons. The van der Waals surface area contributed by atoms with Gasteiger partial charge in [-0.15, -0.1) is 11.8 Å². The Bertz CT molecular complexity index is 398. The van der Waals surface area contributed by atoms with Crippen LogP contribution in [0.4, 0.5) is 0 Å². The van der Waals surface area contributed by atoms with Crippen LogP contribution in [0.5, 0.6) is 0 Å². The van der Waals surface area contributed by atoms with Gasteiger partial charge in [-0.25, -0.2) is 4.79 Å². The first-order valence-corrected chi connectivity index (χ1v) is 6.30. The molecule has 0 aromatic heterocycles. The lowest BCUT2D eigenvalue weighted by atomic mass is 10.1. The summed E-state index contributed by atoms with van der Waals surface area (Å²) in [5.41, 5.74) is 6.75. The minimum atomic E-state index is -0.979. The summed E-state index contributed by atoms with van der Waals surface area (Å²) in [5.74, 6) is -0.979. The summed E-state index contributed by atoms with van der Waals surface area (Å²) in [5, 5.41) is 9.05. The molecule has 0 aliphatic carbocycles. The summed E-state index contributed by atoms with van der Waals surface area (Å²) in [4.78, 5) is 11.6. The SMILES string of the molecule is CC(C)Sc1ccc(C(N)/C=C/C(=O)O)cc1. The Hall–Kier alpha value is -1.26. The van der Waals surface area contributed by atoms with Crippen LogP contribution in [0, 0.1) is 0 Å². The van der Waals surface area contributed by atoms with Gasteiger partial charge in [-0.2, -0.15) is 0 Å². The molecule has 0 aliphatic heterocycles. The molecule has 1 aromatic carbocycles.